The summed E-state index contributed by atoms with van der Waals surface area (Å²) in [4.78, 5) is 22.5. The number of esters is 2. The summed E-state index contributed by atoms with van der Waals surface area (Å²) in [5.41, 5.74) is 0. The van der Waals surface area contributed by atoms with Gasteiger partial charge in [-0.1, -0.05) is 0 Å². The van der Waals surface area contributed by atoms with Gasteiger partial charge in [0.2, 0.25) is 0 Å². The summed E-state index contributed by atoms with van der Waals surface area (Å²) in [6.45, 7) is 3.65. The number of halogens is 1. The quantitative estimate of drug-likeness (QED) is 0.662. The van der Waals surface area contributed by atoms with E-state index in [1.165, 1.54) is 0 Å². The van der Waals surface area contributed by atoms with Crippen molar-refractivity contribution in [2.75, 3.05) is 26.4 Å². The maximum absolute atomic E-state index is 11.2. The van der Waals surface area contributed by atoms with Crippen LogP contribution in [0.1, 0.15) is 13.8 Å². The molecule has 0 atom stereocenters. The number of carbonyl (C=O) groups excluding carboxylic acids is 2. The van der Waals surface area contributed by atoms with Gasteiger partial charge in [-0.15, -0.1) is 0 Å². The van der Waals surface area contributed by atoms with Gasteiger partial charge in [0.1, 0.15) is 11.5 Å². The van der Waals surface area contributed by atoms with E-state index in [1.54, 1.807) is 32.0 Å². The molecular formula is C14H17BrO6. The third-order valence-electron chi connectivity index (χ3n) is 2.22. The summed E-state index contributed by atoms with van der Waals surface area (Å²) in [6.07, 6.45) is 0. The predicted octanol–water partition coefficient (Wildman–Crippen LogP) is 2.33. The molecule has 0 bridgehead atoms. The maximum Gasteiger partial charge on any atom is 0.344 e. The number of ether oxygens (including phenoxy) is 4. The lowest BCUT2D eigenvalue weighted by atomic mass is 10.3. The first-order valence-electron chi connectivity index (χ1n) is 6.43. The monoisotopic (exact) mass is 360 g/mol. The van der Waals surface area contributed by atoms with Crippen molar-refractivity contribution in [1.82, 2.24) is 0 Å². The maximum atomic E-state index is 11.2. The normalized spacial score (nSPS) is 9.86. The van der Waals surface area contributed by atoms with Crippen molar-refractivity contribution < 1.29 is 28.5 Å². The first kappa shape index (κ1) is 17.3. The van der Waals surface area contributed by atoms with E-state index in [1.807, 2.05) is 0 Å². The zero-order chi connectivity index (χ0) is 15.7. The summed E-state index contributed by atoms with van der Waals surface area (Å²) in [6, 6.07) is 4.93. The molecule has 0 aromatic heterocycles. The van der Waals surface area contributed by atoms with E-state index in [0.29, 0.717) is 29.2 Å². The number of rotatable bonds is 8. The average Bonchev–Trinajstić information content (AvgIpc) is 2.45. The van der Waals surface area contributed by atoms with Gasteiger partial charge in [0.15, 0.2) is 13.2 Å². The van der Waals surface area contributed by atoms with Crippen molar-refractivity contribution in [3.05, 3.63) is 22.7 Å². The molecule has 0 aliphatic rings. The summed E-state index contributed by atoms with van der Waals surface area (Å²) >= 11 is 3.30. The molecule has 21 heavy (non-hydrogen) atoms. The van der Waals surface area contributed by atoms with E-state index in [2.05, 4.69) is 15.9 Å². The van der Waals surface area contributed by atoms with Crippen molar-refractivity contribution in [1.29, 1.82) is 0 Å². The number of benzene rings is 1. The van der Waals surface area contributed by atoms with Crippen LogP contribution in [0.5, 0.6) is 11.5 Å². The molecule has 6 nitrogen and oxygen atoms in total. The molecule has 0 unspecified atom stereocenters. The molecule has 0 fully saturated rings. The van der Waals surface area contributed by atoms with E-state index in [4.69, 9.17) is 18.9 Å². The SMILES string of the molecule is CCOC(=O)COc1ccc(Br)c(OCC(=O)OCC)c1. The molecule has 1 aromatic rings. The highest BCUT2D eigenvalue weighted by Crippen LogP contribution is 2.29. The molecule has 0 N–H and O–H groups in total. The fourth-order valence-electron chi connectivity index (χ4n) is 1.37. The fraction of sp³-hybridized carbons (Fsp3) is 0.429. The Balaban J connectivity index is 2.58. The third-order valence-corrected chi connectivity index (χ3v) is 2.87. The van der Waals surface area contributed by atoms with Crippen LogP contribution in [0.15, 0.2) is 22.7 Å². The fourth-order valence-corrected chi connectivity index (χ4v) is 1.73. The van der Waals surface area contributed by atoms with Crippen molar-refractivity contribution >= 4 is 27.9 Å². The van der Waals surface area contributed by atoms with Crippen LogP contribution >= 0.6 is 15.9 Å². The number of carbonyl (C=O) groups is 2. The van der Waals surface area contributed by atoms with Gasteiger partial charge in [0, 0.05) is 6.07 Å². The molecule has 0 amide bonds. The molecular weight excluding hydrogens is 344 g/mol. The van der Waals surface area contributed by atoms with Gasteiger partial charge in [0.25, 0.3) is 0 Å². The Hall–Kier alpha value is -1.76. The molecule has 7 heteroatoms. The molecule has 0 saturated heterocycles. The van der Waals surface area contributed by atoms with Crippen LogP contribution in [-0.2, 0) is 19.1 Å². The first-order valence-corrected chi connectivity index (χ1v) is 7.22. The smallest absolute Gasteiger partial charge is 0.344 e. The largest absolute Gasteiger partial charge is 0.482 e. The van der Waals surface area contributed by atoms with Crippen LogP contribution in [0.2, 0.25) is 0 Å². The minimum atomic E-state index is -0.456. The van der Waals surface area contributed by atoms with Crippen molar-refractivity contribution in [2.24, 2.45) is 0 Å². The Labute approximate surface area is 131 Å². The zero-order valence-electron chi connectivity index (χ0n) is 11.9. The molecule has 0 heterocycles. The molecule has 0 radical (unpaired) electrons. The zero-order valence-corrected chi connectivity index (χ0v) is 13.5. The van der Waals surface area contributed by atoms with E-state index in [9.17, 15) is 9.59 Å². The van der Waals surface area contributed by atoms with E-state index in [-0.39, 0.29) is 13.2 Å². The van der Waals surface area contributed by atoms with Gasteiger partial charge >= 0.3 is 11.9 Å². The summed E-state index contributed by atoms with van der Waals surface area (Å²) in [7, 11) is 0. The summed E-state index contributed by atoms with van der Waals surface area (Å²) in [5.74, 6) is -0.0498. The van der Waals surface area contributed by atoms with Crippen LogP contribution in [0.25, 0.3) is 0 Å². The molecule has 1 aromatic carbocycles. The van der Waals surface area contributed by atoms with Gasteiger partial charge in [-0.2, -0.15) is 0 Å². The molecule has 116 valence electrons. The minimum Gasteiger partial charge on any atom is -0.482 e. The number of hydrogen-bond donors (Lipinski definition) is 0. The molecule has 0 saturated carbocycles. The Morgan fingerprint density at radius 3 is 2.14 bits per heavy atom. The second kappa shape index (κ2) is 9.23. The van der Waals surface area contributed by atoms with Crippen LogP contribution in [0, 0.1) is 0 Å². The highest BCUT2D eigenvalue weighted by atomic mass is 79.9. The van der Waals surface area contributed by atoms with Crippen molar-refractivity contribution in [3.8, 4) is 11.5 Å². The Kier molecular flexibility index (Phi) is 7.60. The predicted molar refractivity (Wildman–Crippen MR) is 78.4 cm³/mol. The highest BCUT2D eigenvalue weighted by Gasteiger charge is 2.09. The van der Waals surface area contributed by atoms with Crippen LogP contribution in [-0.4, -0.2) is 38.4 Å². The Bertz CT molecular complexity index is 488. The van der Waals surface area contributed by atoms with Gasteiger partial charge < -0.3 is 18.9 Å². The van der Waals surface area contributed by atoms with Crippen LogP contribution < -0.4 is 9.47 Å². The minimum absolute atomic E-state index is 0.188. The third kappa shape index (κ3) is 6.48. The standard InChI is InChI=1S/C14H17BrO6/c1-3-18-13(16)8-20-10-5-6-11(15)12(7-10)21-9-14(17)19-4-2/h5-7H,3-4,8-9H2,1-2H3. The van der Waals surface area contributed by atoms with Gasteiger partial charge in [-0.3, -0.25) is 0 Å². The topological polar surface area (TPSA) is 71.1 Å². The first-order chi connectivity index (χ1) is 10.1. The summed E-state index contributed by atoms with van der Waals surface area (Å²) in [5, 5.41) is 0. The average molecular weight is 361 g/mol. The molecule has 0 aliphatic heterocycles. The molecule has 0 spiro atoms. The van der Waals surface area contributed by atoms with Crippen molar-refractivity contribution in [3.63, 3.8) is 0 Å². The highest BCUT2D eigenvalue weighted by molar-refractivity contribution is 9.10. The second-order valence-corrected chi connectivity index (χ2v) is 4.63. The molecule has 0 aliphatic carbocycles. The van der Waals surface area contributed by atoms with Crippen LogP contribution in [0.3, 0.4) is 0 Å². The lowest BCUT2D eigenvalue weighted by Crippen LogP contribution is -2.15. The Morgan fingerprint density at radius 2 is 1.57 bits per heavy atom. The van der Waals surface area contributed by atoms with Gasteiger partial charge in [0.05, 0.1) is 17.7 Å². The lowest BCUT2D eigenvalue weighted by molar-refractivity contribution is -0.146. The summed E-state index contributed by atoms with van der Waals surface area (Å²) < 4.78 is 20.8. The van der Waals surface area contributed by atoms with E-state index in [0.717, 1.165) is 0 Å². The van der Waals surface area contributed by atoms with Gasteiger partial charge in [-0.05, 0) is 41.9 Å². The van der Waals surface area contributed by atoms with Crippen LogP contribution in [0.4, 0.5) is 0 Å². The number of hydrogen-bond acceptors (Lipinski definition) is 6. The lowest BCUT2D eigenvalue weighted by Gasteiger charge is -2.10. The second-order valence-electron chi connectivity index (χ2n) is 3.78. The van der Waals surface area contributed by atoms with E-state index < -0.39 is 11.9 Å². The van der Waals surface area contributed by atoms with Crippen molar-refractivity contribution in [2.45, 2.75) is 13.8 Å². The Morgan fingerprint density at radius 1 is 1.00 bits per heavy atom. The molecule has 1 rings (SSSR count). The van der Waals surface area contributed by atoms with Gasteiger partial charge in [-0.25, -0.2) is 9.59 Å². The van der Waals surface area contributed by atoms with E-state index >= 15 is 0 Å².